The summed E-state index contributed by atoms with van der Waals surface area (Å²) in [6, 6.07) is 2.69. The molecule has 36 heavy (non-hydrogen) atoms. The van der Waals surface area contributed by atoms with Gasteiger partial charge in [-0.1, -0.05) is 33.3 Å². The molecular formula is C25H34N2O9. The van der Waals surface area contributed by atoms with Crippen LogP contribution in [0, 0.1) is 11.8 Å². The number of phenols is 1. The van der Waals surface area contributed by atoms with Crippen LogP contribution in [0.1, 0.15) is 64.2 Å². The summed E-state index contributed by atoms with van der Waals surface area (Å²) < 4.78 is 16.7. The molecular weight excluding hydrogens is 472 g/mol. The van der Waals surface area contributed by atoms with Crippen LogP contribution in [-0.2, 0) is 33.4 Å². The van der Waals surface area contributed by atoms with Crippen LogP contribution in [0.5, 0.6) is 5.75 Å². The van der Waals surface area contributed by atoms with E-state index in [1.165, 1.54) is 32.0 Å². The Labute approximate surface area is 209 Å². The molecule has 1 saturated heterocycles. The molecule has 0 bridgehead atoms. The first kappa shape index (κ1) is 28.6. The molecule has 0 saturated carbocycles. The van der Waals surface area contributed by atoms with Gasteiger partial charge in [0, 0.05) is 6.42 Å². The van der Waals surface area contributed by atoms with Gasteiger partial charge in [0.15, 0.2) is 17.9 Å². The summed E-state index contributed by atoms with van der Waals surface area (Å²) in [5, 5.41) is 15.0. The maximum atomic E-state index is 13.1. The zero-order valence-electron chi connectivity index (χ0n) is 21.1. The molecule has 1 aromatic carbocycles. The van der Waals surface area contributed by atoms with Crippen LogP contribution < -0.4 is 10.6 Å². The number of phenolic OH excluding ortho intramolecular Hbond substituents is 1. The Kier molecular flexibility index (Phi) is 10.2. The first-order valence-electron chi connectivity index (χ1n) is 11.9. The lowest BCUT2D eigenvalue weighted by Crippen LogP contribution is -2.50. The quantitative estimate of drug-likeness (QED) is 0.198. The number of nitrogens with one attached hydrogen (secondary N) is 2. The molecule has 1 aliphatic heterocycles. The normalized spacial score (nSPS) is 24.4. The average molecular weight is 507 g/mol. The molecule has 5 atom stereocenters. The maximum absolute atomic E-state index is 13.1. The van der Waals surface area contributed by atoms with Crippen LogP contribution >= 0.6 is 0 Å². The van der Waals surface area contributed by atoms with Crippen LogP contribution in [0.15, 0.2) is 18.2 Å². The average Bonchev–Trinajstić information content (AvgIpc) is 2.82. The minimum atomic E-state index is -1.42. The molecule has 0 spiro atoms. The number of rotatable bonds is 9. The number of aromatic hydroxyl groups is 1. The highest BCUT2D eigenvalue weighted by molar-refractivity contribution is 6.01. The van der Waals surface area contributed by atoms with Crippen LogP contribution in [0.25, 0.3) is 0 Å². The number of hydrogen-bond acceptors (Lipinski definition) is 9. The number of cyclic esters (lactones) is 2. The molecule has 2 amide bonds. The van der Waals surface area contributed by atoms with Gasteiger partial charge >= 0.3 is 17.9 Å². The molecule has 198 valence electrons. The first-order valence-corrected chi connectivity index (χ1v) is 11.9. The molecule has 5 unspecified atom stereocenters. The molecule has 11 nitrogen and oxygen atoms in total. The van der Waals surface area contributed by atoms with Crippen LogP contribution in [0.3, 0.4) is 0 Å². The van der Waals surface area contributed by atoms with E-state index < -0.39 is 59.8 Å². The molecule has 2 rings (SSSR count). The van der Waals surface area contributed by atoms with Gasteiger partial charge in [-0.05, 0) is 38.3 Å². The number of benzene rings is 1. The Bertz CT molecular complexity index is 978. The van der Waals surface area contributed by atoms with Crippen molar-refractivity contribution in [2.75, 3.05) is 5.32 Å². The standard InChI is InChI=1S/C25H34N2O9/c1-6-8-17-22(36-19(29)11-13(2)3)15(5)35-25(33)20(14(4)34-24(17)32)27-23(31)16-9-7-10-18(21(16)30)26-12-28/h7,9-10,12-15,17,20,22,30H,6,8,11H2,1-5H3,(H,26,28)(H,27,31). The lowest BCUT2D eigenvalue weighted by molar-refractivity contribution is -0.175. The number of hydrogen-bond donors (Lipinski definition) is 3. The van der Waals surface area contributed by atoms with Gasteiger partial charge in [0.2, 0.25) is 6.41 Å². The van der Waals surface area contributed by atoms with Crippen molar-refractivity contribution < 1.29 is 43.3 Å². The second kappa shape index (κ2) is 12.9. The van der Waals surface area contributed by atoms with E-state index in [0.717, 1.165) is 0 Å². The van der Waals surface area contributed by atoms with E-state index in [1.54, 1.807) is 0 Å². The zero-order chi connectivity index (χ0) is 27.0. The third kappa shape index (κ3) is 7.19. The summed E-state index contributed by atoms with van der Waals surface area (Å²) in [6.45, 7) is 8.49. The number of anilines is 1. The van der Waals surface area contributed by atoms with Crippen molar-refractivity contribution in [2.24, 2.45) is 11.8 Å². The SMILES string of the molecule is CCCC1C(=O)OC(C)C(NC(=O)c2cccc(NC=O)c2O)C(=O)OC(C)C1OC(=O)CC(C)C. The molecule has 3 N–H and O–H groups in total. The Morgan fingerprint density at radius 2 is 1.81 bits per heavy atom. The van der Waals surface area contributed by atoms with E-state index in [1.807, 2.05) is 20.8 Å². The highest BCUT2D eigenvalue weighted by atomic mass is 16.6. The Morgan fingerprint density at radius 3 is 2.42 bits per heavy atom. The lowest BCUT2D eigenvalue weighted by atomic mass is 9.93. The summed E-state index contributed by atoms with van der Waals surface area (Å²) in [5.74, 6) is -4.32. The zero-order valence-corrected chi connectivity index (χ0v) is 21.1. The fraction of sp³-hybridized carbons (Fsp3) is 0.560. The van der Waals surface area contributed by atoms with Crippen LogP contribution in [0.4, 0.5) is 5.69 Å². The summed E-state index contributed by atoms with van der Waals surface area (Å²) in [7, 11) is 0. The third-order valence-electron chi connectivity index (χ3n) is 5.71. The molecule has 0 aromatic heterocycles. The molecule has 1 aromatic rings. The highest BCUT2D eigenvalue weighted by Crippen LogP contribution is 2.28. The Morgan fingerprint density at radius 1 is 1.14 bits per heavy atom. The van der Waals surface area contributed by atoms with Crippen molar-refractivity contribution in [3.8, 4) is 5.75 Å². The van der Waals surface area contributed by atoms with E-state index in [-0.39, 0.29) is 23.6 Å². The molecule has 11 heteroatoms. The molecule has 1 aliphatic rings. The number of carbonyl (C=O) groups is 5. The van der Waals surface area contributed by atoms with Gasteiger partial charge in [0.05, 0.1) is 17.2 Å². The maximum Gasteiger partial charge on any atom is 0.332 e. The monoisotopic (exact) mass is 506 g/mol. The van der Waals surface area contributed by atoms with Crippen molar-refractivity contribution in [1.82, 2.24) is 5.32 Å². The predicted molar refractivity (Wildman–Crippen MR) is 128 cm³/mol. The van der Waals surface area contributed by atoms with Crippen LogP contribution in [0.2, 0.25) is 0 Å². The second-order valence-electron chi connectivity index (χ2n) is 9.15. The Balaban J connectivity index is 2.33. The van der Waals surface area contributed by atoms with Gasteiger partial charge in [-0.15, -0.1) is 0 Å². The first-order chi connectivity index (χ1) is 17.0. The summed E-state index contributed by atoms with van der Waals surface area (Å²) in [4.78, 5) is 62.2. The van der Waals surface area contributed by atoms with E-state index >= 15 is 0 Å². The van der Waals surface area contributed by atoms with Gasteiger partial charge < -0.3 is 30.0 Å². The number of esters is 3. The third-order valence-corrected chi connectivity index (χ3v) is 5.71. The van der Waals surface area contributed by atoms with Crippen molar-refractivity contribution in [3.05, 3.63) is 23.8 Å². The summed E-state index contributed by atoms with van der Waals surface area (Å²) in [5.41, 5.74) is -0.221. The molecule has 1 fully saturated rings. The minimum absolute atomic E-state index is 0.00347. The number of ether oxygens (including phenoxy) is 3. The van der Waals surface area contributed by atoms with Gasteiger partial charge in [0.1, 0.15) is 12.2 Å². The summed E-state index contributed by atoms with van der Waals surface area (Å²) >= 11 is 0. The number of carbonyl (C=O) groups excluding carboxylic acids is 5. The smallest absolute Gasteiger partial charge is 0.332 e. The number of amides is 2. The van der Waals surface area contributed by atoms with Gasteiger partial charge in [-0.3, -0.25) is 19.2 Å². The number of para-hydroxylation sites is 1. The largest absolute Gasteiger partial charge is 0.505 e. The van der Waals surface area contributed by atoms with E-state index in [0.29, 0.717) is 19.3 Å². The fourth-order valence-corrected chi connectivity index (χ4v) is 3.92. The molecule has 0 aliphatic carbocycles. The van der Waals surface area contributed by atoms with Crippen molar-refractivity contribution in [2.45, 2.75) is 78.2 Å². The predicted octanol–water partition coefficient (Wildman–Crippen LogP) is 2.31. The summed E-state index contributed by atoms with van der Waals surface area (Å²) in [6.07, 6.45) is -1.83. The Hall–Kier alpha value is -3.63. The second-order valence-corrected chi connectivity index (χ2v) is 9.15. The van der Waals surface area contributed by atoms with Crippen molar-refractivity contribution in [1.29, 1.82) is 0 Å². The van der Waals surface area contributed by atoms with E-state index in [4.69, 9.17) is 14.2 Å². The van der Waals surface area contributed by atoms with Crippen molar-refractivity contribution >= 4 is 35.9 Å². The van der Waals surface area contributed by atoms with Crippen molar-refractivity contribution in [3.63, 3.8) is 0 Å². The van der Waals surface area contributed by atoms with Gasteiger partial charge in [-0.25, -0.2) is 4.79 Å². The van der Waals surface area contributed by atoms with E-state index in [2.05, 4.69) is 10.6 Å². The van der Waals surface area contributed by atoms with Gasteiger partial charge in [0.25, 0.3) is 5.91 Å². The molecule has 0 radical (unpaired) electrons. The van der Waals surface area contributed by atoms with E-state index in [9.17, 15) is 29.1 Å². The lowest BCUT2D eigenvalue weighted by Gasteiger charge is -2.29. The fourth-order valence-electron chi connectivity index (χ4n) is 3.92. The van der Waals surface area contributed by atoms with Gasteiger partial charge in [-0.2, -0.15) is 0 Å². The van der Waals surface area contributed by atoms with Crippen LogP contribution in [-0.4, -0.2) is 59.7 Å². The minimum Gasteiger partial charge on any atom is -0.505 e. The topological polar surface area (TPSA) is 157 Å². The molecule has 1 heterocycles. The highest BCUT2D eigenvalue weighted by Gasteiger charge is 2.43.